The van der Waals surface area contributed by atoms with E-state index in [1.54, 1.807) is 4.57 Å². The molecule has 1 aliphatic rings. The zero-order valence-corrected chi connectivity index (χ0v) is 10.8. The maximum atomic E-state index is 9.78. The van der Waals surface area contributed by atoms with Gasteiger partial charge in [0, 0.05) is 6.42 Å². The molecule has 0 saturated carbocycles. The number of aliphatic hydroxyl groups is 2. The number of fused-ring (bicyclic) bond motifs is 1. The number of aromatic nitrogens is 4. The maximum absolute atomic E-state index is 9.78. The number of hydrogen-bond acceptors (Lipinski definition) is 8. The molecule has 4 N–H and O–H groups in total. The Kier molecular flexibility index (Phi) is 3.16. The van der Waals surface area contributed by atoms with Crippen LogP contribution in [0.5, 0.6) is 5.88 Å². The average Bonchev–Trinajstić information content (AvgIpc) is 3.00. The quantitative estimate of drug-likeness (QED) is 0.657. The summed E-state index contributed by atoms with van der Waals surface area (Å²) in [5, 5.41) is 18.9. The minimum atomic E-state index is -0.733. The van der Waals surface area contributed by atoms with Crippen molar-refractivity contribution in [3.8, 4) is 5.88 Å². The molecule has 2 aromatic rings. The molecular formula is C11H15N5O4. The van der Waals surface area contributed by atoms with Crippen molar-refractivity contribution in [2.45, 2.75) is 24.9 Å². The predicted molar refractivity (Wildman–Crippen MR) is 67.9 cm³/mol. The number of aliphatic hydroxyl groups excluding tert-OH is 2. The number of ether oxygens (including phenoxy) is 2. The first-order valence-electron chi connectivity index (χ1n) is 6.12. The van der Waals surface area contributed by atoms with E-state index in [2.05, 4.69) is 15.0 Å². The molecule has 9 nitrogen and oxygen atoms in total. The summed E-state index contributed by atoms with van der Waals surface area (Å²) >= 11 is 0. The van der Waals surface area contributed by atoms with Gasteiger partial charge in [-0.15, -0.1) is 0 Å². The van der Waals surface area contributed by atoms with Gasteiger partial charge in [0.1, 0.15) is 12.3 Å². The number of nitrogens with two attached hydrogens (primary N) is 1. The summed E-state index contributed by atoms with van der Waals surface area (Å²) in [7, 11) is 1.47. The Bertz CT molecular complexity index is 631. The lowest BCUT2D eigenvalue weighted by atomic mass is 10.2. The number of methoxy groups -OCH3 is 1. The molecule has 9 heteroatoms. The number of rotatable bonds is 3. The largest absolute Gasteiger partial charge is 0.479 e. The Hall–Kier alpha value is -1.97. The number of hydrogen-bond donors (Lipinski definition) is 3. The smallest absolute Gasteiger partial charge is 0.246 e. The molecule has 0 unspecified atom stereocenters. The molecule has 108 valence electrons. The van der Waals surface area contributed by atoms with E-state index < -0.39 is 18.4 Å². The fraction of sp³-hybridized carbons (Fsp3) is 0.545. The van der Waals surface area contributed by atoms with Gasteiger partial charge < -0.3 is 25.4 Å². The van der Waals surface area contributed by atoms with E-state index in [4.69, 9.17) is 20.3 Å². The SMILES string of the molecule is COc1nc(N)nc2c1ncn2[C@H]1C[C@@H](O)[C@H](CO)O1. The minimum absolute atomic E-state index is 0.0633. The van der Waals surface area contributed by atoms with Crippen molar-refractivity contribution in [3.05, 3.63) is 6.33 Å². The van der Waals surface area contributed by atoms with Crippen LogP contribution in [0.1, 0.15) is 12.6 Å². The predicted octanol–water partition coefficient (Wildman–Crippen LogP) is -0.942. The van der Waals surface area contributed by atoms with Gasteiger partial charge in [-0.1, -0.05) is 0 Å². The van der Waals surface area contributed by atoms with Gasteiger partial charge in [-0.2, -0.15) is 9.97 Å². The highest BCUT2D eigenvalue weighted by molar-refractivity contribution is 5.77. The lowest BCUT2D eigenvalue weighted by Gasteiger charge is -2.13. The van der Waals surface area contributed by atoms with Crippen molar-refractivity contribution >= 4 is 17.1 Å². The Morgan fingerprint density at radius 3 is 3.00 bits per heavy atom. The molecule has 20 heavy (non-hydrogen) atoms. The summed E-state index contributed by atoms with van der Waals surface area (Å²) < 4.78 is 12.3. The van der Waals surface area contributed by atoms with Gasteiger partial charge in [-0.25, -0.2) is 4.98 Å². The molecule has 0 aromatic carbocycles. The molecule has 1 saturated heterocycles. The zero-order valence-electron chi connectivity index (χ0n) is 10.8. The van der Waals surface area contributed by atoms with Crippen LogP contribution in [-0.4, -0.2) is 55.7 Å². The van der Waals surface area contributed by atoms with Gasteiger partial charge >= 0.3 is 0 Å². The molecule has 1 aliphatic heterocycles. The summed E-state index contributed by atoms with van der Waals surface area (Å²) in [4.78, 5) is 12.3. The number of nitrogen functional groups attached to an aromatic ring is 1. The Morgan fingerprint density at radius 1 is 1.55 bits per heavy atom. The monoisotopic (exact) mass is 281 g/mol. The third kappa shape index (κ3) is 1.96. The molecular weight excluding hydrogens is 266 g/mol. The second kappa shape index (κ2) is 4.85. The van der Waals surface area contributed by atoms with Crippen LogP contribution in [0.4, 0.5) is 5.95 Å². The third-order valence-electron chi connectivity index (χ3n) is 3.29. The van der Waals surface area contributed by atoms with Crippen molar-refractivity contribution in [1.29, 1.82) is 0 Å². The maximum Gasteiger partial charge on any atom is 0.246 e. The van der Waals surface area contributed by atoms with Crippen LogP contribution in [0.3, 0.4) is 0 Å². The summed E-state index contributed by atoms with van der Waals surface area (Å²) in [5.74, 6) is 0.344. The fourth-order valence-electron chi connectivity index (χ4n) is 2.31. The highest BCUT2D eigenvalue weighted by Crippen LogP contribution is 2.32. The molecule has 3 atom stereocenters. The van der Waals surface area contributed by atoms with Crippen LogP contribution < -0.4 is 10.5 Å². The zero-order chi connectivity index (χ0) is 14.3. The van der Waals surface area contributed by atoms with E-state index in [1.165, 1.54) is 13.4 Å². The van der Waals surface area contributed by atoms with Gasteiger partial charge in [-0.3, -0.25) is 4.57 Å². The van der Waals surface area contributed by atoms with Crippen LogP contribution in [0.2, 0.25) is 0 Å². The third-order valence-corrected chi connectivity index (χ3v) is 3.29. The number of nitrogens with zero attached hydrogens (tertiary/aromatic N) is 4. The molecule has 0 aliphatic carbocycles. The van der Waals surface area contributed by atoms with Gasteiger partial charge in [0.15, 0.2) is 11.2 Å². The summed E-state index contributed by atoms with van der Waals surface area (Å²) in [6.07, 6.45) is 0.0506. The van der Waals surface area contributed by atoms with Crippen LogP contribution in [0, 0.1) is 0 Å². The lowest BCUT2D eigenvalue weighted by molar-refractivity contribution is -0.0432. The van der Waals surface area contributed by atoms with Crippen molar-refractivity contribution < 1.29 is 19.7 Å². The van der Waals surface area contributed by atoms with E-state index in [9.17, 15) is 5.11 Å². The topological polar surface area (TPSA) is 129 Å². The second-order valence-electron chi connectivity index (χ2n) is 4.53. The van der Waals surface area contributed by atoms with Gasteiger partial charge in [0.2, 0.25) is 11.8 Å². The first kappa shape index (κ1) is 13.0. The number of anilines is 1. The van der Waals surface area contributed by atoms with Crippen molar-refractivity contribution in [1.82, 2.24) is 19.5 Å². The van der Waals surface area contributed by atoms with Crippen LogP contribution in [0.25, 0.3) is 11.2 Å². The lowest BCUT2D eigenvalue weighted by Crippen LogP contribution is -2.24. The van der Waals surface area contributed by atoms with Crippen molar-refractivity contribution in [3.63, 3.8) is 0 Å². The van der Waals surface area contributed by atoms with E-state index in [0.29, 0.717) is 17.6 Å². The summed E-state index contributed by atoms with van der Waals surface area (Å²) in [6, 6.07) is 0. The summed E-state index contributed by atoms with van der Waals surface area (Å²) in [5.41, 5.74) is 6.56. The van der Waals surface area contributed by atoms with Gasteiger partial charge in [0.05, 0.1) is 26.1 Å². The molecule has 2 aromatic heterocycles. The van der Waals surface area contributed by atoms with E-state index in [1.807, 2.05) is 0 Å². The normalized spacial score (nSPS) is 26.2. The molecule has 3 rings (SSSR count). The molecule has 0 spiro atoms. The van der Waals surface area contributed by atoms with Crippen LogP contribution in [-0.2, 0) is 4.74 Å². The van der Waals surface area contributed by atoms with Crippen molar-refractivity contribution in [2.75, 3.05) is 19.5 Å². The molecule has 3 heterocycles. The highest BCUT2D eigenvalue weighted by Gasteiger charge is 2.35. The Balaban J connectivity index is 2.03. The Morgan fingerprint density at radius 2 is 2.35 bits per heavy atom. The highest BCUT2D eigenvalue weighted by atomic mass is 16.5. The van der Waals surface area contributed by atoms with Crippen molar-refractivity contribution in [2.24, 2.45) is 0 Å². The first-order chi connectivity index (χ1) is 9.63. The summed E-state index contributed by atoms with van der Waals surface area (Å²) in [6.45, 7) is -0.245. The van der Waals surface area contributed by atoms with Crippen LogP contribution >= 0.6 is 0 Å². The van der Waals surface area contributed by atoms with E-state index in [-0.39, 0.29) is 18.4 Å². The standard InChI is InChI=1S/C11H15N5O4/c1-19-10-8-9(14-11(12)15-10)16(4-13-8)7-2-5(18)6(3-17)20-7/h4-7,17-18H,2-3H2,1H3,(H2,12,14,15)/t5-,6+,7-/m1/s1. The molecule has 0 amide bonds. The average molecular weight is 281 g/mol. The van der Waals surface area contributed by atoms with Crippen LogP contribution in [0.15, 0.2) is 6.33 Å². The number of imidazole rings is 1. The fourth-order valence-corrected chi connectivity index (χ4v) is 2.31. The second-order valence-corrected chi connectivity index (χ2v) is 4.53. The Labute approximate surface area is 114 Å². The van der Waals surface area contributed by atoms with E-state index in [0.717, 1.165) is 0 Å². The van der Waals surface area contributed by atoms with Gasteiger partial charge in [-0.05, 0) is 0 Å². The van der Waals surface area contributed by atoms with Gasteiger partial charge in [0.25, 0.3) is 0 Å². The minimum Gasteiger partial charge on any atom is -0.479 e. The van der Waals surface area contributed by atoms with E-state index >= 15 is 0 Å². The molecule has 0 bridgehead atoms. The molecule has 0 radical (unpaired) electrons. The molecule has 1 fully saturated rings. The first-order valence-corrected chi connectivity index (χ1v) is 6.12.